The van der Waals surface area contributed by atoms with Crippen molar-refractivity contribution in [3.8, 4) is 5.88 Å². The minimum Gasteiger partial charge on any atom is -0.476 e. The lowest BCUT2D eigenvalue weighted by molar-refractivity contribution is -0.144. The molecule has 1 unspecified atom stereocenters. The summed E-state index contributed by atoms with van der Waals surface area (Å²) in [6.07, 6.45) is -2.05. The van der Waals surface area contributed by atoms with Crippen LogP contribution in [0.5, 0.6) is 5.88 Å². The van der Waals surface area contributed by atoms with Gasteiger partial charge >= 0.3 is 6.18 Å². The van der Waals surface area contributed by atoms with Crippen LogP contribution in [0.4, 0.5) is 28.3 Å². The van der Waals surface area contributed by atoms with Crippen LogP contribution in [0.2, 0.25) is 0 Å². The van der Waals surface area contributed by atoms with Crippen molar-refractivity contribution in [3.05, 3.63) is 29.6 Å². The number of ether oxygens (including phenoxy) is 1. The maximum Gasteiger partial charge on any atom is 0.412 e. The van der Waals surface area contributed by atoms with Gasteiger partial charge in [-0.25, -0.2) is 9.37 Å². The van der Waals surface area contributed by atoms with Crippen molar-refractivity contribution in [2.45, 2.75) is 19.1 Å². The molecule has 0 saturated carbocycles. The summed E-state index contributed by atoms with van der Waals surface area (Å²) in [4.78, 5) is 24.2. The first kappa shape index (κ1) is 24.5. The summed E-state index contributed by atoms with van der Waals surface area (Å²) >= 11 is 0.980. The molecule has 0 saturated heterocycles. The van der Waals surface area contributed by atoms with Gasteiger partial charge in [0.25, 0.3) is 5.91 Å². The highest BCUT2D eigenvalue weighted by molar-refractivity contribution is 7.11. The summed E-state index contributed by atoms with van der Waals surface area (Å²) in [6.45, 7) is 1.68. The fraction of sp³-hybridized carbons (Fsp3) is 0.421. The number of rotatable bonds is 9. The number of amides is 1. The summed E-state index contributed by atoms with van der Waals surface area (Å²) < 4.78 is 59.7. The van der Waals surface area contributed by atoms with Crippen LogP contribution in [-0.2, 0) is 0 Å². The van der Waals surface area contributed by atoms with Gasteiger partial charge in [0.2, 0.25) is 5.88 Å². The Kier molecular flexibility index (Phi) is 8.27. The van der Waals surface area contributed by atoms with Gasteiger partial charge in [-0.3, -0.25) is 14.8 Å². The van der Waals surface area contributed by atoms with E-state index in [9.17, 15) is 22.4 Å². The molecule has 0 spiro atoms. The molecule has 0 fully saturated rings. The predicted octanol–water partition coefficient (Wildman–Crippen LogP) is 2.86. The molecule has 0 aromatic carbocycles. The van der Waals surface area contributed by atoms with E-state index in [1.54, 1.807) is 19.1 Å². The van der Waals surface area contributed by atoms with Crippen molar-refractivity contribution in [2.75, 3.05) is 43.5 Å². The topological polar surface area (TPSA) is 113 Å². The largest absolute Gasteiger partial charge is 0.476 e. The van der Waals surface area contributed by atoms with Gasteiger partial charge < -0.3 is 20.7 Å². The number of hydrogen-bond donors (Lipinski definition) is 3. The molecule has 14 heteroatoms. The van der Waals surface area contributed by atoms with Crippen LogP contribution >= 0.6 is 11.5 Å². The number of nitrogens with zero attached hydrogens (tertiary/aromatic N) is 4. The van der Waals surface area contributed by atoms with Crippen LogP contribution in [0.25, 0.3) is 0 Å². The van der Waals surface area contributed by atoms with Gasteiger partial charge in [-0.2, -0.15) is 17.5 Å². The predicted molar refractivity (Wildman–Crippen MR) is 118 cm³/mol. The van der Waals surface area contributed by atoms with Gasteiger partial charge in [0.05, 0.1) is 35.9 Å². The van der Waals surface area contributed by atoms with E-state index in [2.05, 4.69) is 35.3 Å². The molecule has 3 N–H and O–H groups in total. The van der Waals surface area contributed by atoms with Crippen LogP contribution in [0.1, 0.15) is 16.1 Å². The first-order chi connectivity index (χ1) is 15.8. The van der Waals surface area contributed by atoms with Crippen LogP contribution < -0.4 is 20.7 Å². The van der Waals surface area contributed by atoms with E-state index < -0.39 is 31.3 Å². The number of hydrogen-bond acceptors (Lipinski definition) is 9. The Morgan fingerprint density at radius 1 is 1.30 bits per heavy atom. The Bertz CT molecular complexity index is 1010. The summed E-state index contributed by atoms with van der Waals surface area (Å²) in [5.41, 5.74) is 1.08. The SMILES string of the molecule is Cc1nsc(NC2=NCC(C(F)(F)F)N=C2)c1C(=O)Nc1ccc(OCCNCCF)nc1. The molecule has 1 aliphatic heterocycles. The minimum absolute atomic E-state index is 0.109. The molecule has 2 aromatic rings. The second-order valence-corrected chi connectivity index (χ2v) is 7.56. The van der Waals surface area contributed by atoms with Crippen molar-refractivity contribution in [1.29, 1.82) is 0 Å². The zero-order valence-electron chi connectivity index (χ0n) is 17.4. The molecule has 0 aliphatic carbocycles. The summed E-state index contributed by atoms with van der Waals surface area (Å²) in [5.74, 6) is -0.0222. The molecule has 9 nitrogen and oxygen atoms in total. The number of aryl methyl sites for hydroxylation is 1. The van der Waals surface area contributed by atoms with Crippen LogP contribution in [0.15, 0.2) is 28.3 Å². The molecule has 1 amide bonds. The summed E-state index contributed by atoms with van der Waals surface area (Å²) in [7, 11) is 0. The number of halogens is 4. The molecule has 33 heavy (non-hydrogen) atoms. The first-order valence-electron chi connectivity index (χ1n) is 9.82. The second kappa shape index (κ2) is 11.1. The molecule has 0 bridgehead atoms. The molecule has 2 aromatic heterocycles. The van der Waals surface area contributed by atoms with Crippen LogP contribution in [0.3, 0.4) is 0 Å². The normalized spacial score (nSPS) is 15.8. The monoisotopic (exact) mass is 487 g/mol. The number of nitrogens with one attached hydrogen (secondary N) is 3. The molecule has 0 radical (unpaired) electrons. The van der Waals surface area contributed by atoms with E-state index in [1.807, 2.05) is 0 Å². The van der Waals surface area contributed by atoms with E-state index in [4.69, 9.17) is 4.74 Å². The number of aliphatic imine (C=N–C) groups is 2. The van der Waals surface area contributed by atoms with E-state index >= 15 is 0 Å². The average molecular weight is 487 g/mol. The Morgan fingerprint density at radius 3 is 2.76 bits per heavy atom. The number of carbonyl (C=O) groups is 1. The van der Waals surface area contributed by atoms with Crippen molar-refractivity contribution < 1.29 is 27.1 Å². The number of aromatic nitrogens is 2. The Balaban J connectivity index is 1.58. The molecule has 178 valence electrons. The van der Waals surface area contributed by atoms with Crippen molar-refractivity contribution in [3.63, 3.8) is 0 Å². The molecule has 1 aliphatic rings. The molecular formula is C19H21F4N7O2S. The molecular weight excluding hydrogens is 466 g/mol. The highest BCUT2D eigenvalue weighted by Gasteiger charge is 2.40. The van der Waals surface area contributed by atoms with Crippen molar-refractivity contribution in [2.24, 2.45) is 9.98 Å². The quantitative estimate of drug-likeness (QED) is 0.370. The summed E-state index contributed by atoms with van der Waals surface area (Å²) in [5, 5.41) is 8.69. The van der Waals surface area contributed by atoms with E-state index in [1.165, 1.54) is 6.20 Å². The summed E-state index contributed by atoms with van der Waals surface area (Å²) in [6, 6.07) is 1.30. The van der Waals surface area contributed by atoms with E-state index in [0.29, 0.717) is 35.4 Å². The first-order valence-corrected chi connectivity index (χ1v) is 10.6. The standard InChI is InChI=1S/C19H21F4N7O2S/c1-11-16(18(33-30-11)29-14-10-25-13(9-26-14)19(21,22)23)17(31)28-12-2-3-15(27-8-12)32-7-6-24-5-4-20/h2-3,8,10,13,24H,4-7,9H2,1H3,(H,26,29)(H,28,31). The third-order valence-corrected chi connectivity index (χ3v) is 5.17. The third kappa shape index (κ3) is 6.92. The van der Waals surface area contributed by atoms with Gasteiger partial charge in [-0.15, -0.1) is 0 Å². The number of carbonyl (C=O) groups excluding carboxylic acids is 1. The van der Waals surface area contributed by atoms with Crippen LogP contribution in [-0.4, -0.2) is 72.4 Å². The number of anilines is 2. The minimum atomic E-state index is -4.46. The van der Waals surface area contributed by atoms with Crippen molar-refractivity contribution >= 4 is 40.2 Å². The number of alkyl halides is 4. The lowest BCUT2D eigenvalue weighted by Crippen LogP contribution is -2.34. The van der Waals surface area contributed by atoms with Gasteiger partial charge in [-0.05, 0) is 24.5 Å². The van der Waals surface area contributed by atoms with Gasteiger partial charge in [0.15, 0.2) is 6.04 Å². The van der Waals surface area contributed by atoms with E-state index in [0.717, 1.165) is 17.7 Å². The second-order valence-electron chi connectivity index (χ2n) is 6.79. The van der Waals surface area contributed by atoms with Gasteiger partial charge in [0, 0.05) is 19.2 Å². The molecule has 3 rings (SSSR count). The average Bonchev–Trinajstić information content (AvgIpc) is 3.14. The zero-order chi connectivity index (χ0) is 23.8. The lowest BCUT2D eigenvalue weighted by atomic mass is 10.2. The maximum atomic E-state index is 12.8. The van der Waals surface area contributed by atoms with Gasteiger partial charge in [0.1, 0.15) is 24.1 Å². The molecule has 1 atom stereocenters. The Morgan fingerprint density at radius 2 is 2.12 bits per heavy atom. The smallest absolute Gasteiger partial charge is 0.412 e. The zero-order valence-corrected chi connectivity index (χ0v) is 18.3. The Hall–Kier alpha value is -3.13. The van der Waals surface area contributed by atoms with Gasteiger partial charge in [-0.1, -0.05) is 0 Å². The highest BCUT2D eigenvalue weighted by Crippen LogP contribution is 2.27. The van der Waals surface area contributed by atoms with Crippen molar-refractivity contribution in [1.82, 2.24) is 14.7 Å². The molecule has 3 heterocycles. The highest BCUT2D eigenvalue weighted by atomic mass is 32.1. The lowest BCUT2D eigenvalue weighted by Gasteiger charge is -2.18. The fourth-order valence-corrected chi connectivity index (χ4v) is 3.49. The van der Waals surface area contributed by atoms with E-state index in [-0.39, 0.29) is 17.9 Å². The van der Waals surface area contributed by atoms with Crippen LogP contribution in [0, 0.1) is 6.92 Å². The Labute approximate surface area is 190 Å². The number of pyridine rings is 1. The maximum absolute atomic E-state index is 12.8. The number of amidine groups is 1. The third-order valence-electron chi connectivity index (χ3n) is 4.31. The fourth-order valence-electron chi connectivity index (χ4n) is 2.68.